The molecule has 1 unspecified atom stereocenters. The number of nitrogen functional groups attached to an aromatic ring is 1. The summed E-state index contributed by atoms with van der Waals surface area (Å²) in [5, 5.41) is 0. The number of nitrogens with zero attached hydrogens (tertiary/aromatic N) is 1. The first-order valence-electron chi connectivity index (χ1n) is 6.95. The van der Waals surface area contributed by atoms with E-state index in [9.17, 15) is 0 Å². The zero-order chi connectivity index (χ0) is 12.8. The second-order valence-corrected chi connectivity index (χ2v) is 5.30. The summed E-state index contributed by atoms with van der Waals surface area (Å²) >= 11 is 0. The fourth-order valence-electron chi connectivity index (χ4n) is 2.40. The molecule has 0 radical (unpaired) electrons. The molecule has 2 rings (SSSR count). The van der Waals surface area contributed by atoms with Gasteiger partial charge in [-0.15, -0.1) is 0 Å². The lowest BCUT2D eigenvalue weighted by Gasteiger charge is -2.19. The van der Waals surface area contributed by atoms with Crippen molar-refractivity contribution in [2.45, 2.75) is 26.2 Å². The predicted molar refractivity (Wildman–Crippen MR) is 75.8 cm³/mol. The van der Waals surface area contributed by atoms with Crippen LogP contribution < -0.4 is 10.5 Å². The maximum absolute atomic E-state index is 5.73. The molecule has 3 heteroatoms. The minimum absolute atomic E-state index is 0.762. The van der Waals surface area contributed by atoms with Gasteiger partial charge in [0.05, 0.1) is 0 Å². The molecule has 0 amide bonds. The standard InChI is InChI=1S/C15H24N2O/c1-13-3-2-9-17(10-8-13)11-12-18-15-6-4-14(16)5-7-15/h4-7,13H,2-3,8-12,16H2,1H3. The molecule has 0 saturated carbocycles. The third kappa shape index (κ3) is 4.22. The van der Waals surface area contributed by atoms with Crippen LogP contribution in [0, 0.1) is 5.92 Å². The van der Waals surface area contributed by atoms with Crippen molar-refractivity contribution in [2.24, 2.45) is 5.92 Å². The van der Waals surface area contributed by atoms with Crippen LogP contribution in [0.25, 0.3) is 0 Å². The van der Waals surface area contributed by atoms with Gasteiger partial charge in [-0.3, -0.25) is 4.90 Å². The molecular weight excluding hydrogens is 224 g/mol. The van der Waals surface area contributed by atoms with Gasteiger partial charge in [-0.1, -0.05) is 6.92 Å². The summed E-state index contributed by atoms with van der Waals surface area (Å²) in [7, 11) is 0. The van der Waals surface area contributed by atoms with Gasteiger partial charge in [0.15, 0.2) is 0 Å². The maximum atomic E-state index is 5.73. The van der Waals surface area contributed by atoms with Crippen molar-refractivity contribution in [1.82, 2.24) is 4.90 Å². The Morgan fingerprint density at radius 3 is 2.78 bits per heavy atom. The van der Waals surface area contributed by atoms with Gasteiger partial charge >= 0.3 is 0 Å². The molecule has 1 aliphatic heterocycles. The van der Waals surface area contributed by atoms with E-state index in [1.54, 1.807) is 0 Å². The topological polar surface area (TPSA) is 38.5 Å². The minimum Gasteiger partial charge on any atom is -0.492 e. The highest BCUT2D eigenvalue weighted by Crippen LogP contribution is 2.16. The van der Waals surface area contributed by atoms with Crippen molar-refractivity contribution in [3.8, 4) is 5.75 Å². The van der Waals surface area contributed by atoms with E-state index in [0.717, 1.165) is 30.5 Å². The molecule has 100 valence electrons. The smallest absolute Gasteiger partial charge is 0.119 e. The number of ether oxygens (including phenoxy) is 1. The van der Waals surface area contributed by atoms with Gasteiger partial charge in [-0.2, -0.15) is 0 Å². The lowest BCUT2D eigenvalue weighted by Crippen LogP contribution is -2.29. The number of likely N-dealkylation sites (tertiary alicyclic amines) is 1. The molecule has 18 heavy (non-hydrogen) atoms. The SMILES string of the molecule is CC1CCCN(CCOc2ccc(N)cc2)CC1. The van der Waals surface area contributed by atoms with E-state index in [4.69, 9.17) is 10.5 Å². The number of hydrogen-bond acceptors (Lipinski definition) is 3. The number of nitrogens with two attached hydrogens (primary N) is 1. The quantitative estimate of drug-likeness (QED) is 0.833. The maximum Gasteiger partial charge on any atom is 0.119 e. The Bertz CT molecular complexity index is 350. The van der Waals surface area contributed by atoms with Gasteiger partial charge in [0, 0.05) is 12.2 Å². The molecule has 0 bridgehead atoms. The molecule has 1 aliphatic rings. The molecule has 2 N–H and O–H groups in total. The van der Waals surface area contributed by atoms with E-state index in [-0.39, 0.29) is 0 Å². The van der Waals surface area contributed by atoms with E-state index < -0.39 is 0 Å². The van der Waals surface area contributed by atoms with E-state index in [1.807, 2.05) is 24.3 Å². The van der Waals surface area contributed by atoms with E-state index in [2.05, 4.69) is 11.8 Å². The highest BCUT2D eigenvalue weighted by molar-refractivity contribution is 5.41. The Hall–Kier alpha value is -1.22. The number of anilines is 1. The van der Waals surface area contributed by atoms with Crippen molar-refractivity contribution >= 4 is 5.69 Å². The highest BCUT2D eigenvalue weighted by atomic mass is 16.5. The second-order valence-electron chi connectivity index (χ2n) is 5.30. The van der Waals surface area contributed by atoms with Crippen LogP contribution in [0.4, 0.5) is 5.69 Å². The monoisotopic (exact) mass is 248 g/mol. The Kier molecular flexibility index (Phi) is 4.88. The van der Waals surface area contributed by atoms with Gasteiger partial charge < -0.3 is 10.5 Å². The van der Waals surface area contributed by atoms with Crippen LogP contribution in [0.1, 0.15) is 26.2 Å². The second kappa shape index (κ2) is 6.64. The van der Waals surface area contributed by atoms with Crippen LogP contribution in [-0.4, -0.2) is 31.1 Å². The largest absolute Gasteiger partial charge is 0.492 e. The average Bonchev–Trinajstić information content (AvgIpc) is 2.57. The summed E-state index contributed by atoms with van der Waals surface area (Å²) in [4.78, 5) is 2.51. The van der Waals surface area contributed by atoms with Gasteiger partial charge in [0.1, 0.15) is 12.4 Å². The van der Waals surface area contributed by atoms with Crippen molar-refractivity contribution in [2.75, 3.05) is 32.0 Å². The fraction of sp³-hybridized carbons (Fsp3) is 0.600. The van der Waals surface area contributed by atoms with Crippen LogP contribution in [0.3, 0.4) is 0 Å². The molecule has 1 heterocycles. The predicted octanol–water partition coefficient (Wildman–Crippen LogP) is 2.77. The van der Waals surface area contributed by atoms with Gasteiger partial charge in [-0.25, -0.2) is 0 Å². The first-order chi connectivity index (χ1) is 8.74. The molecule has 0 aromatic heterocycles. The van der Waals surface area contributed by atoms with E-state index in [1.165, 1.54) is 32.4 Å². The van der Waals surface area contributed by atoms with Crippen LogP contribution in [0.2, 0.25) is 0 Å². The third-order valence-electron chi connectivity index (χ3n) is 3.67. The lowest BCUT2D eigenvalue weighted by atomic mass is 10.0. The lowest BCUT2D eigenvalue weighted by molar-refractivity contribution is 0.212. The number of rotatable bonds is 4. The molecule has 0 aliphatic carbocycles. The number of benzene rings is 1. The van der Waals surface area contributed by atoms with Crippen molar-refractivity contribution in [3.63, 3.8) is 0 Å². The van der Waals surface area contributed by atoms with Crippen LogP contribution in [0.15, 0.2) is 24.3 Å². The molecule has 1 atom stereocenters. The van der Waals surface area contributed by atoms with E-state index in [0.29, 0.717) is 0 Å². The summed E-state index contributed by atoms with van der Waals surface area (Å²) in [6, 6.07) is 7.62. The van der Waals surface area contributed by atoms with Crippen molar-refractivity contribution in [1.29, 1.82) is 0 Å². The summed E-state index contributed by atoms with van der Waals surface area (Å²) in [5.41, 5.74) is 6.42. The molecule has 1 fully saturated rings. The average molecular weight is 248 g/mol. The van der Waals surface area contributed by atoms with Gasteiger partial charge in [0.2, 0.25) is 0 Å². The Morgan fingerprint density at radius 1 is 1.22 bits per heavy atom. The molecule has 0 spiro atoms. The summed E-state index contributed by atoms with van der Waals surface area (Å²) in [5.74, 6) is 1.79. The molecule has 1 saturated heterocycles. The molecule has 1 aromatic rings. The summed E-state index contributed by atoms with van der Waals surface area (Å²) < 4.78 is 5.73. The minimum atomic E-state index is 0.762. The zero-order valence-electron chi connectivity index (χ0n) is 11.3. The number of hydrogen-bond donors (Lipinski definition) is 1. The van der Waals surface area contributed by atoms with Crippen molar-refractivity contribution < 1.29 is 4.74 Å². The van der Waals surface area contributed by atoms with Crippen molar-refractivity contribution in [3.05, 3.63) is 24.3 Å². The Labute approximate surface area is 110 Å². The third-order valence-corrected chi connectivity index (χ3v) is 3.67. The fourth-order valence-corrected chi connectivity index (χ4v) is 2.40. The van der Waals surface area contributed by atoms with Gasteiger partial charge in [0.25, 0.3) is 0 Å². The molecule has 3 nitrogen and oxygen atoms in total. The van der Waals surface area contributed by atoms with Crippen LogP contribution in [0.5, 0.6) is 5.75 Å². The summed E-state index contributed by atoms with van der Waals surface area (Å²) in [6.07, 6.45) is 4.01. The highest BCUT2D eigenvalue weighted by Gasteiger charge is 2.13. The molecule has 1 aromatic carbocycles. The van der Waals surface area contributed by atoms with Crippen LogP contribution >= 0.6 is 0 Å². The first-order valence-corrected chi connectivity index (χ1v) is 6.95. The van der Waals surface area contributed by atoms with Crippen LogP contribution in [-0.2, 0) is 0 Å². The molecular formula is C15H24N2O. The Balaban J connectivity index is 1.70. The Morgan fingerprint density at radius 2 is 2.00 bits per heavy atom. The van der Waals surface area contributed by atoms with E-state index >= 15 is 0 Å². The van der Waals surface area contributed by atoms with Gasteiger partial charge in [-0.05, 0) is 62.5 Å². The summed E-state index contributed by atoms with van der Waals surface area (Å²) in [6.45, 7) is 6.57. The normalized spacial score (nSPS) is 21.5. The first kappa shape index (κ1) is 13.2. The zero-order valence-corrected chi connectivity index (χ0v) is 11.3.